The molecule has 0 bridgehead atoms. The van der Waals surface area contributed by atoms with Crippen molar-refractivity contribution in [2.45, 2.75) is 19.5 Å². The Bertz CT molecular complexity index is 616. The summed E-state index contributed by atoms with van der Waals surface area (Å²) in [5, 5.41) is 31.4. The SMILES string of the molecule is CC(NCc1ccc(O)c(O)c1O)c1ccccc1F. The molecule has 4 N–H and O–H groups in total. The summed E-state index contributed by atoms with van der Waals surface area (Å²) in [5.41, 5.74) is 0.943. The summed E-state index contributed by atoms with van der Waals surface area (Å²) < 4.78 is 13.6. The molecule has 106 valence electrons. The van der Waals surface area contributed by atoms with E-state index in [4.69, 9.17) is 0 Å². The monoisotopic (exact) mass is 277 g/mol. The Morgan fingerprint density at radius 3 is 2.45 bits per heavy atom. The van der Waals surface area contributed by atoms with E-state index in [0.717, 1.165) is 0 Å². The lowest BCUT2D eigenvalue weighted by Crippen LogP contribution is -2.19. The van der Waals surface area contributed by atoms with E-state index in [1.165, 1.54) is 18.2 Å². The van der Waals surface area contributed by atoms with E-state index in [9.17, 15) is 19.7 Å². The minimum atomic E-state index is -0.553. The van der Waals surface area contributed by atoms with E-state index in [1.807, 2.05) is 0 Å². The molecule has 0 aromatic heterocycles. The first-order valence-electron chi connectivity index (χ1n) is 6.21. The molecule has 1 unspecified atom stereocenters. The van der Waals surface area contributed by atoms with Crippen molar-refractivity contribution in [2.24, 2.45) is 0 Å². The fourth-order valence-corrected chi connectivity index (χ4v) is 1.95. The highest BCUT2D eigenvalue weighted by molar-refractivity contribution is 5.53. The molecule has 5 heteroatoms. The quantitative estimate of drug-likeness (QED) is 0.648. The summed E-state index contributed by atoms with van der Waals surface area (Å²) in [4.78, 5) is 0. The molecular formula is C15H16FNO3. The van der Waals surface area contributed by atoms with Crippen molar-refractivity contribution in [3.8, 4) is 17.2 Å². The highest BCUT2D eigenvalue weighted by atomic mass is 19.1. The van der Waals surface area contributed by atoms with Gasteiger partial charge < -0.3 is 20.6 Å². The largest absolute Gasteiger partial charge is 0.504 e. The molecule has 2 aromatic rings. The molecule has 0 spiro atoms. The number of hydrogen-bond acceptors (Lipinski definition) is 4. The van der Waals surface area contributed by atoms with Gasteiger partial charge in [-0.3, -0.25) is 0 Å². The Morgan fingerprint density at radius 2 is 1.75 bits per heavy atom. The van der Waals surface area contributed by atoms with Crippen LogP contribution in [0.25, 0.3) is 0 Å². The van der Waals surface area contributed by atoms with Gasteiger partial charge in [-0.2, -0.15) is 0 Å². The molecular weight excluding hydrogens is 261 g/mol. The zero-order valence-corrected chi connectivity index (χ0v) is 11.0. The molecule has 1 atom stereocenters. The molecule has 0 amide bonds. The first kappa shape index (κ1) is 14.1. The van der Waals surface area contributed by atoms with Crippen molar-refractivity contribution >= 4 is 0 Å². The summed E-state index contributed by atoms with van der Waals surface area (Å²) in [5.74, 6) is -1.61. The normalized spacial score (nSPS) is 12.3. The molecule has 0 aliphatic rings. The summed E-state index contributed by atoms with van der Waals surface area (Å²) >= 11 is 0. The molecule has 0 saturated heterocycles. The summed E-state index contributed by atoms with van der Waals surface area (Å²) in [6, 6.07) is 8.96. The molecule has 0 aliphatic carbocycles. The number of phenolic OH excluding ortho intramolecular Hbond substituents is 3. The van der Waals surface area contributed by atoms with Gasteiger partial charge in [0, 0.05) is 23.7 Å². The van der Waals surface area contributed by atoms with Gasteiger partial charge in [-0.15, -0.1) is 0 Å². The van der Waals surface area contributed by atoms with E-state index >= 15 is 0 Å². The molecule has 2 aromatic carbocycles. The van der Waals surface area contributed by atoms with Crippen LogP contribution in [0, 0.1) is 5.82 Å². The topological polar surface area (TPSA) is 72.7 Å². The third kappa shape index (κ3) is 2.83. The van der Waals surface area contributed by atoms with Crippen LogP contribution in [0.5, 0.6) is 17.2 Å². The van der Waals surface area contributed by atoms with E-state index in [-0.39, 0.29) is 29.9 Å². The lowest BCUT2D eigenvalue weighted by Gasteiger charge is -2.16. The predicted molar refractivity (Wildman–Crippen MR) is 73.1 cm³/mol. The highest BCUT2D eigenvalue weighted by Crippen LogP contribution is 2.37. The predicted octanol–water partition coefficient (Wildman–Crippen LogP) is 2.79. The van der Waals surface area contributed by atoms with Crippen molar-refractivity contribution in [1.29, 1.82) is 0 Å². The molecule has 0 radical (unpaired) electrons. The van der Waals surface area contributed by atoms with Crippen LogP contribution >= 0.6 is 0 Å². The van der Waals surface area contributed by atoms with Crippen LogP contribution in [0.3, 0.4) is 0 Å². The number of aromatic hydroxyl groups is 3. The Hall–Kier alpha value is -2.27. The van der Waals surface area contributed by atoms with Crippen LogP contribution < -0.4 is 5.32 Å². The second-order valence-corrected chi connectivity index (χ2v) is 4.57. The van der Waals surface area contributed by atoms with Crippen LogP contribution in [0.1, 0.15) is 24.1 Å². The van der Waals surface area contributed by atoms with Crippen LogP contribution in [0.2, 0.25) is 0 Å². The van der Waals surface area contributed by atoms with Crippen molar-refractivity contribution in [1.82, 2.24) is 5.32 Å². The fraction of sp³-hybridized carbons (Fsp3) is 0.200. The van der Waals surface area contributed by atoms with Gasteiger partial charge in [0.1, 0.15) is 5.82 Å². The van der Waals surface area contributed by atoms with E-state index < -0.39 is 5.75 Å². The summed E-state index contributed by atoms with van der Waals surface area (Å²) in [6.07, 6.45) is 0. The van der Waals surface area contributed by atoms with Gasteiger partial charge in [0.05, 0.1) is 0 Å². The van der Waals surface area contributed by atoms with Crippen LogP contribution in [0.4, 0.5) is 4.39 Å². The molecule has 4 nitrogen and oxygen atoms in total. The van der Waals surface area contributed by atoms with Gasteiger partial charge in [0.25, 0.3) is 0 Å². The van der Waals surface area contributed by atoms with Gasteiger partial charge in [0.2, 0.25) is 5.75 Å². The average molecular weight is 277 g/mol. The number of rotatable bonds is 4. The number of nitrogens with one attached hydrogen (secondary N) is 1. The van der Waals surface area contributed by atoms with Gasteiger partial charge in [0.15, 0.2) is 11.5 Å². The minimum Gasteiger partial charge on any atom is -0.504 e. The molecule has 0 heterocycles. The van der Waals surface area contributed by atoms with Gasteiger partial charge in [-0.25, -0.2) is 4.39 Å². The average Bonchev–Trinajstić information content (AvgIpc) is 2.44. The zero-order valence-electron chi connectivity index (χ0n) is 11.0. The van der Waals surface area contributed by atoms with Crippen molar-refractivity contribution < 1.29 is 19.7 Å². The molecule has 20 heavy (non-hydrogen) atoms. The Kier molecular flexibility index (Phi) is 4.10. The Morgan fingerprint density at radius 1 is 1.05 bits per heavy atom. The van der Waals surface area contributed by atoms with Crippen LogP contribution in [-0.2, 0) is 6.54 Å². The van der Waals surface area contributed by atoms with Crippen LogP contribution in [-0.4, -0.2) is 15.3 Å². The van der Waals surface area contributed by atoms with Crippen LogP contribution in [0.15, 0.2) is 36.4 Å². The van der Waals surface area contributed by atoms with Crippen molar-refractivity contribution in [3.05, 3.63) is 53.3 Å². The minimum absolute atomic E-state index is 0.231. The maximum absolute atomic E-state index is 13.6. The molecule has 0 fully saturated rings. The first-order valence-corrected chi connectivity index (χ1v) is 6.21. The Balaban J connectivity index is 2.10. The summed E-state index contributed by atoms with van der Waals surface area (Å²) in [7, 11) is 0. The van der Waals surface area contributed by atoms with E-state index in [0.29, 0.717) is 11.1 Å². The molecule has 0 aliphatic heterocycles. The van der Waals surface area contributed by atoms with E-state index in [1.54, 1.807) is 25.1 Å². The fourth-order valence-electron chi connectivity index (χ4n) is 1.95. The van der Waals surface area contributed by atoms with Gasteiger partial charge >= 0.3 is 0 Å². The van der Waals surface area contributed by atoms with Crippen molar-refractivity contribution in [2.75, 3.05) is 0 Å². The van der Waals surface area contributed by atoms with Gasteiger partial charge in [-0.05, 0) is 19.1 Å². The maximum atomic E-state index is 13.6. The lowest BCUT2D eigenvalue weighted by molar-refractivity contribution is 0.363. The molecule has 0 saturated carbocycles. The smallest absolute Gasteiger partial charge is 0.200 e. The number of halogens is 1. The van der Waals surface area contributed by atoms with E-state index in [2.05, 4.69) is 5.32 Å². The second kappa shape index (κ2) is 5.79. The third-order valence-corrected chi connectivity index (χ3v) is 3.18. The van der Waals surface area contributed by atoms with Gasteiger partial charge in [-0.1, -0.05) is 24.3 Å². The number of benzene rings is 2. The lowest BCUT2D eigenvalue weighted by atomic mass is 10.1. The summed E-state index contributed by atoms with van der Waals surface area (Å²) in [6.45, 7) is 2.03. The Labute approximate surface area is 116 Å². The zero-order chi connectivity index (χ0) is 14.7. The number of hydrogen-bond donors (Lipinski definition) is 4. The number of phenols is 3. The third-order valence-electron chi connectivity index (χ3n) is 3.18. The van der Waals surface area contributed by atoms with Crippen molar-refractivity contribution in [3.63, 3.8) is 0 Å². The molecule has 2 rings (SSSR count). The second-order valence-electron chi connectivity index (χ2n) is 4.57. The maximum Gasteiger partial charge on any atom is 0.200 e. The standard InChI is InChI=1S/C15H16FNO3/c1-9(11-4-2-3-5-12(11)16)17-8-10-6-7-13(18)15(20)14(10)19/h2-7,9,17-20H,8H2,1H3. The first-order chi connectivity index (χ1) is 9.50. The highest BCUT2D eigenvalue weighted by Gasteiger charge is 2.13.